The average molecular weight is 291 g/mol. The molecule has 0 saturated carbocycles. The predicted molar refractivity (Wildman–Crippen MR) is 82.6 cm³/mol. The molecule has 1 aliphatic heterocycles. The number of rotatable bonds is 6. The van der Waals surface area contributed by atoms with Gasteiger partial charge in [-0.15, -0.1) is 0 Å². The van der Waals surface area contributed by atoms with E-state index in [-0.39, 0.29) is 5.41 Å². The van der Waals surface area contributed by atoms with Crippen LogP contribution in [0, 0.1) is 5.41 Å². The van der Waals surface area contributed by atoms with E-state index in [1.54, 1.807) is 0 Å². The molecule has 1 aromatic rings. The molecular formula is C17H25NO3. The summed E-state index contributed by atoms with van der Waals surface area (Å²) in [5.74, 6) is 0.185. The van der Waals surface area contributed by atoms with Crippen molar-refractivity contribution in [3.63, 3.8) is 0 Å². The molecule has 1 heterocycles. The van der Waals surface area contributed by atoms with Crippen LogP contribution in [0.3, 0.4) is 0 Å². The second-order valence-electron chi connectivity index (χ2n) is 6.91. The van der Waals surface area contributed by atoms with Gasteiger partial charge in [0.05, 0.1) is 6.61 Å². The number of carboxylic acids is 1. The van der Waals surface area contributed by atoms with Crippen molar-refractivity contribution in [1.82, 2.24) is 5.32 Å². The minimum atomic E-state index is -0.774. The van der Waals surface area contributed by atoms with Crippen LogP contribution < -0.4 is 10.1 Å². The Bertz CT molecular complexity index is 505. The Morgan fingerprint density at radius 3 is 2.86 bits per heavy atom. The molecule has 2 rings (SSSR count). The summed E-state index contributed by atoms with van der Waals surface area (Å²) in [5.41, 5.74) is 2.48. The van der Waals surface area contributed by atoms with Crippen molar-refractivity contribution < 1.29 is 14.6 Å². The molecule has 0 saturated heterocycles. The first-order valence-electron chi connectivity index (χ1n) is 7.56. The molecule has 2 N–H and O–H groups in total. The van der Waals surface area contributed by atoms with Crippen molar-refractivity contribution >= 4 is 5.97 Å². The summed E-state index contributed by atoms with van der Waals surface area (Å²) < 4.78 is 5.48. The smallest absolute Gasteiger partial charge is 0.320 e. The van der Waals surface area contributed by atoms with Crippen LogP contribution in [0.4, 0.5) is 0 Å². The third-order valence-electron chi connectivity index (χ3n) is 3.79. The number of carbonyl (C=O) groups is 1. The van der Waals surface area contributed by atoms with Gasteiger partial charge in [0.1, 0.15) is 11.8 Å². The number of aliphatic carboxylic acids is 1. The fourth-order valence-electron chi connectivity index (χ4n) is 2.48. The van der Waals surface area contributed by atoms with E-state index < -0.39 is 12.0 Å². The largest absolute Gasteiger partial charge is 0.493 e. The highest BCUT2D eigenvalue weighted by Crippen LogP contribution is 2.26. The van der Waals surface area contributed by atoms with Crippen LogP contribution in [0.2, 0.25) is 0 Å². The lowest BCUT2D eigenvalue weighted by Gasteiger charge is -2.21. The maximum absolute atomic E-state index is 11.3. The maximum atomic E-state index is 11.3. The SMILES string of the molecule is CC(C)(C)CC[C@H](NCc1ccc2c(c1)CCO2)C(=O)O. The van der Waals surface area contributed by atoms with E-state index >= 15 is 0 Å². The van der Waals surface area contributed by atoms with E-state index in [0.29, 0.717) is 13.0 Å². The van der Waals surface area contributed by atoms with Crippen molar-refractivity contribution in [3.05, 3.63) is 29.3 Å². The second-order valence-corrected chi connectivity index (χ2v) is 6.91. The summed E-state index contributed by atoms with van der Waals surface area (Å²) in [6.07, 6.45) is 2.47. The number of fused-ring (bicyclic) bond motifs is 1. The highest BCUT2D eigenvalue weighted by molar-refractivity contribution is 5.73. The molecule has 21 heavy (non-hydrogen) atoms. The Labute approximate surface area is 126 Å². The van der Waals surface area contributed by atoms with Gasteiger partial charge < -0.3 is 15.2 Å². The fourth-order valence-corrected chi connectivity index (χ4v) is 2.48. The molecule has 1 atom stereocenters. The van der Waals surface area contributed by atoms with Gasteiger partial charge in [-0.25, -0.2) is 0 Å². The van der Waals surface area contributed by atoms with Crippen LogP contribution in [0.25, 0.3) is 0 Å². The van der Waals surface area contributed by atoms with Gasteiger partial charge >= 0.3 is 5.97 Å². The van der Waals surface area contributed by atoms with Crippen LogP contribution in [-0.4, -0.2) is 23.7 Å². The Morgan fingerprint density at radius 2 is 2.19 bits per heavy atom. The summed E-state index contributed by atoms with van der Waals surface area (Å²) in [5, 5.41) is 12.5. The molecular weight excluding hydrogens is 266 g/mol. The molecule has 116 valence electrons. The molecule has 0 unspecified atom stereocenters. The first-order valence-corrected chi connectivity index (χ1v) is 7.56. The Balaban J connectivity index is 1.91. The van der Waals surface area contributed by atoms with Crippen molar-refractivity contribution in [2.24, 2.45) is 5.41 Å². The van der Waals surface area contributed by atoms with E-state index in [0.717, 1.165) is 30.8 Å². The minimum Gasteiger partial charge on any atom is -0.493 e. The average Bonchev–Trinajstić information content (AvgIpc) is 2.84. The molecule has 0 amide bonds. The highest BCUT2D eigenvalue weighted by Gasteiger charge is 2.20. The number of carboxylic acid groups (broad SMARTS) is 1. The normalized spacial score (nSPS) is 15.4. The standard InChI is InChI=1S/C17H25NO3/c1-17(2,3)8-6-14(16(19)20)18-11-12-4-5-15-13(10-12)7-9-21-15/h4-5,10,14,18H,6-9,11H2,1-3H3,(H,19,20)/t14-/m0/s1. The van der Waals surface area contributed by atoms with Crippen LogP contribution in [0.5, 0.6) is 5.75 Å². The van der Waals surface area contributed by atoms with Gasteiger partial charge in [-0.1, -0.05) is 32.9 Å². The van der Waals surface area contributed by atoms with Gasteiger partial charge in [0, 0.05) is 13.0 Å². The lowest BCUT2D eigenvalue weighted by Crippen LogP contribution is -2.37. The molecule has 0 spiro atoms. The fraction of sp³-hybridized carbons (Fsp3) is 0.588. The van der Waals surface area contributed by atoms with Crippen LogP contribution in [-0.2, 0) is 17.8 Å². The van der Waals surface area contributed by atoms with Crippen LogP contribution >= 0.6 is 0 Å². The van der Waals surface area contributed by atoms with Crippen LogP contribution in [0.15, 0.2) is 18.2 Å². The molecule has 0 fully saturated rings. The second kappa shape index (κ2) is 6.48. The zero-order valence-corrected chi connectivity index (χ0v) is 13.1. The van der Waals surface area contributed by atoms with Crippen molar-refractivity contribution in [2.45, 2.75) is 52.6 Å². The van der Waals surface area contributed by atoms with E-state index in [4.69, 9.17) is 4.74 Å². The van der Waals surface area contributed by atoms with Gasteiger partial charge in [-0.3, -0.25) is 4.79 Å². The Morgan fingerprint density at radius 1 is 1.43 bits per heavy atom. The molecule has 1 aromatic carbocycles. The number of benzene rings is 1. The summed E-state index contributed by atoms with van der Waals surface area (Å²) in [6, 6.07) is 5.59. The van der Waals surface area contributed by atoms with E-state index in [1.807, 2.05) is 12.1 Å². The molecule has 0 bridgehead atoms. The van der Waals surface area contributed by atoms with E-state index in [2.05, 4.69) is 32.2 Å². The number of hydrogen-bond donors (Lipinski definition) is 2. The van der Waals surface area contributed by atoms with Gasteiger partial charge in [0.25, 0.3) is 0 Å². The van der Waals surface area contributed by atoms with Gasteiger partial charge in [0.2, 0.25) is 0 Å². The Kier molecular flexibility index (Phi) is 4.88. The third kappa shape index (κ3) is 4.74. The maximum Gasteiger partial charge on any atom is 0.320 e. The summed E-state index contributed by atoms with van der Waals surface area (Å²) in [7, 11) is 0. The van der Waals surface area contributed by atoms with Gasteiger partial charge in [-0.2, -0.15) is 0 Å². The number of hydrogen-bond acceptors (Lipinski definition) is 3. The van der Waals surface area contributed by atoms with Crippen molar-refractivity contribution in [1.29, 1.82) is 0 Å². The molecule has 4 heteroatoms. The third-order valence-corrected chi connectivity index (χ3v) is 3.79. The predicted octanol–water partition coefficient (Wildman–Crippen LogP) is 2.99. The highest BCUT2D eigenvalue weighted by atomic mass is 16.5. The van der Waals surface area contributed by atoms with Gasteiger partial charge in [0.15, 0.2) is 0 Å². The molecule has 0 radical (unpaired) electrons. The summed E-state index contributed by atoms with van der Waals surface area (Å²) in [6.45, 7) is 7.72. The number of ether oxygens (including phenoxy) is 1. The molecule has 1 aliphatic rings. The Hall–Kier alpha value is -1.55. The summed E-state index contributed by atoms with van der Waals surface area (Å²) >= 11 is 0. The minimum absolute atomic E-state index is 0.153. The molecule has 0 aliphatic carbocycles. The monoisotopic (exact) mass is 291 g/mol. The van der Waals surface area contributed by atoms with Crippen LogP contribution in [0.1, 0.15) is 44.7 Å². The van der Waals surface area contributed by atoms with Crippen molar-refractivity contribution in [2.75, 3.05) is 6.61 Å². The number of nitrogens with one attached hydrogen (secondary N) is 1. The van der Waals surface area contributed by atoms with E-state index in [9.17, 15) is 9.90 Å². The lowest BCUT2D eigenvalue weighted by atomic mass is 9.88. The first-order chi connectivity index (χ1) is 9.85. The molecule has 4 nitrogen and oxygen atoms in total. The summed E-state index contributed by atoms with van der Waals surface area (Å²) in [4.78, 5) is 11.3. The van der Waals surface area contributed by atoms with E-state index in [1.165, 1.54) is 5.56 Å². The van der Waals surface area contributed by atoms with Gasteiger partial charge in [-0.05, 0) is 35.4 Å². The quantitative estimate of drug-likeness (QED) is 0.846. The molecule has 0 aromatic heterocycles. The zero-order valence-electron chi connectivity index (χ0n) is 13.1. The zero-order chi connectivity index (χ0) is 15.5. The first kappa shape index (κ1) is 15.8. The lowest BCUT2D eigenvalue weighted by molar-refractivity contribution is -0.139. The van der Waals surface area contributed by atoms with Crippen molar-refractivity contribution in [3.8, 4) is 5.75 Å². The topological polar surface area (TPSA) is 58.6 Å².